The van der Waals surface area contributed by atoms with Gasteiger partial charge in [0.05, 0.1) is 18.2 Å². The van der Waals surface area contributed by atoms with Gasteiger partial charge >= 0.3 is 5.97 Å². The number of nitrogens with zero attached hydrogens (tertiary/aromatic N) is 5. The number of carboxylic acid groups (broad SMARTS) is 1. The largest absolute Gasteiger partial charge is 0.481 e. The highest BCUT2D eigenvalue weighted by Crippen LogP contribution is 2.19. The van der Waals surface area contributed by atoms with E-state index in [0.29, 0.717) is 36.3 Å². The van der Waals surface area contributed by atoms with Crippen LogP contribution in [0.15, 0.2) is 6.07 Å². The van der Waals surface area contributed by atoms with Gasteiger partial charge in [-0.25, -0.2) is 9.50 Å². The molecule has 9 nitrogen and oxygen atoms in total. The molecule has 0 aliphatic carbocycles. The molecule has 1 aliphatic rings. The monoisotopic (exact) mass is 387 g/mol. The highest BCUT2D eigenvalue weighted by atomic mass is 16.4. The fraction of sp³-hybridized carbons (Fsp3) is 0.526. The Morgan fingerprint density at radius 3 is 2.68 bits per heavy atom. The van der Waals surface area contributed by atoms with Gasteiger partial charge in [-0.1, -0.05) is 0 Å². The van der Waals surface area contributed by atoms with Crippen molar-refractivity contribution in [2.45, 2.75) is 33.6 Å². The molecule has 1 unspecified atom stereocenters. The summed E-state index contributed by atoms with van der Waals surface area (Å²) in [4.78, 5) is 44.2. The molecule has 28 heavy (non-hydrogen) atoms. The van der Waals surface area contributed by atoms with Gasteiger partial charge in [0, 0.05) is 31.5 Å². The zero-order valence-electron chi connectivity index (χ0n) is 16.6. The van der Waals surface area contributed by atoms with Gasteiger partial charge < -0.3 is 14.9 Å². The third-order valence-electron chi connectivity index (χ3n) is 5.13. The lowest BCUT2D eigenvalue weighted by Gasteiger charge is -2.32. The molecule has 0 radical (unpaired) electrons. The van der Waals surface area contributed by atoms with Crippen molar-refractivity contribution in [2.24, 2.45) is 5.92 Å². The number of hydrogen-bond donors (Lipinski definition) is 1. The number of fused-ring (bicyclic) bond motifs is 1. The Morgan fingerprint density at radius 1 is 1.29 bits per heavy atom. The first-order valence-electron chi connectivity index (χ1n) is 9.28. The van der Waals surface area contributed by atoms with Crippen LogP contribution in [0.5, 0.6) is 0 Å². The minimum Gasteiger partial charge on any atom is -0.481 e. The minimum absolute atomic E-state index is 0.118. The van der Waals surface area contributed by atoms with Crippen molar-refractivity contribution >= 4 is 23.4 Å². The summed E-state index contributed by atoms with van der Waals surface area (Å²) in [6, 6.07) is 1.89. The number of carbonyl (C=O) groups excluding carboxylic acids is 2. The zero-order chi connectivity index (χ0) is 20.6. The summed E-state index contributed by atoms with van der Waals surface area (Å²) in [6.45, 7) is 6.07. The van der Waals surface area contributed by atoms with E-state index >= 15 is 0 Å². The number of carbonyl (C=O) groups is 3. The lowest BCUT2D eigenvalue weighted by Crippen LogP contribution is -2.47. The number of aromatic nitrogens is 3. The molecule has 3 heterocycles. The zero-order valence-corrected chi connectivity index (χ0v) is 16.6. The maximum Gasteiger partial charge on any atom is 0.308 e. The van der Waals surface area contributed by atoms with Crippen molar-refractivity contribution in [3.63, 3.8) is 0 Å². The van der Waals surface area contributed by atoms with Crippen LogP contribution in [-0.2, 0) is 9.59 Å². The number of hydrogen-bond acceptors (Lipinski definition) is 5. The van der Waals surface area contributed by atoms with Gasteiger partial charge in [0.15, 0.2) is 5.65 Å². The number of aliphatic carboxylic acids is 1. The number of carboxylic acids is 1. The summed E-state index contributed by atoms with van der Waals surface area (Å²) in [5, 5.41) is 13.6. The van der Waals surface area contributed by atoms with Crippen LogP contribution in [0.2, 0.25) is 0 Å². The molecule has 1 N–H and O–H groups in total. The van der Waals surface area contributed by atoms with E-state index in [-0.39, 0.29) is 24.9 Å². The topological polar surface area (TPSA) is 108 Å². The first kappa shape index (κ1) is 19.8. The second-order valence-electron chi connectivity index (χ2n) is 7.41. The number of likely N-dealkylation sites (tertiary alicyclic amines) is 1. The molecule has 1 aliphatic heterocycles. The van der Waals surface area contributed by atoms with Gasteiger partial charge in [-0.05, 0) is 39.7 Å². The average molecular weight is 387 g/mol. The van der Waals surface area contributed by atoms with Crippen LogP contribution in [0.3, 0.4) is 0 Å². The van der Waals surface area contributed by atoms with Crippen molar-refractivity contribution in [3.05, 3.63) is 28.7 Å². The average Bonchev–Trinajstić information content (AvgIpc) is 2.97. The molecule has 1 saturated heterocycles. The van der Waals surface area contributed by atoms with Gasteiger partial charge in [0.25, 0.3) is 5.91 Å². The Kier molecular flexibility index (Phi) is 5.35. The highest BCUT2D eigenvalue weighted by molar-refractivity contribution is 6.02. The number of piperidine rings is 1. The third kappa shape index (κ3) is 3.69. The van der Waals surface area contributed by atoms with E-state index in [1.54, 1.807) is 18.5 Å². The molecule has 1 fully saturated rings. The maximum absolute atomic E-state index is 13.0. The molecular weight excluding hydrogens is 362 g/mol. The Bertz CT molecular complexity index is 951. The fourth-order valence-electron chi connectivity index (χ4n) is 3.65. The molecule has 9 heteroatoms. The van der Waals surface area contributed by atoms with Crippen LogP contribution in [0.1, 0.15) is 40.3 Å². The van der Waals surface area contributed by atoms with Gasteiger partial charge in [-0.3, -0.25) is 14.4 Å². The smallest absolute Gasteiger partial charge is 0.308 e. The van der Waals surface area contributed by atoms with Crippen LogP contribution >= 0.6 is 0 Å². The van der Waals surface area contributed by atoms with Crippen LogP contribution < -0.4 is 0 Å². The van der Waals surface area contributed by atoms with E-state index in [4.69, 9.17) is 0 Å². The molecule has 3 rings (SSSR count). The SMILES string of the molecule is Cc1cc(C)n2nc(C)c(C(=O)N(C)CC(=O)N3CCCC(C(=O)O)C3)c2n1. The van der Waals surface area contributed by atoms with Gasteiger partial charge in [0.1, 0.15) is 5.56 Å². The fourth-order valence-corrected chi connectivity index (χ4v) is 3.65. The van der Waals surface area contributed by atoms with Crippen molar-refractivity contribution in [1.82, 2.24) is 24.4 Å². The minimum atomic E-state index is -0.888. The van der Waals surface area contributed by atoms with Gasteiger partial charge in [0.2, 0.25) is 5.91 Å². The predicted molar refractivity (Wildman–Crippen MR) is 101 cm³/mol. The molecule has 0 aromatic carbocycles. The van der Waals surface area contributed by atoms with E-state index in [1.165, 1.54) is 9.80 Å². The van der Waals surface area contributed by atoms with Crippen LogP contribution in [0.4, 0.5) is 0 Å². The molecule has 2 amide bonds. The molecule has 1 atom stereocenters. The maximum atomic E-state index is 13.0. The summed E-state index contributed by atoms with van der Waals surface area (Å²) in [7, 11) is 1.56. The number of aryl methyl sites for hydroxylation is 3. The summed E-state index contributed by atoms with van der Waals surface area (Å²) in [5.74, 6) is -2.02. The van der Waals surface area contributed by atoms with E-state index in [2.05, 4.69) is 10.1 Å². The Labute approximate surface area is 162 Å². The Balaban J connectivity index is 1.78. The lowest BCUT2D eigenvalue weighted by atomic mass is 9.98. The molecule has 2 aromatic heterocycles. The Morgan fingerprint density at radius 2 is 2.00 bits per heavy atom. The first-order valence-corrected chi connectivity index (χ1v) is 9.28. The first-order chi connectivity index (χ1) is 13.2. The molecular formula is C19H25N5O4. The number of likely N-dealkylation sites (N-methyl/N-ethyl adjacent to an activating group) is 1. The van der Waals surface area contributed by atoms with E-state index in [0.717, 1.165) is 11.4 Å². The van der Waals surface area contributed by atoms with Crippen molar-refractivity contribution in [2.75, 3.05) is 26.7 Å². The Hall–Kier alpha value is -2.97. The second kappa shape index (κ2) is 7.57. The quantitative estimate of drug-likeness (QED) is 0.840. The lowest BCUT2D eigenvalue weighted by molar-refractivity contribution is -0.145. The third-order valence-corrected chi connectivity index (χ3v) is 5.13. The highest BCUT2D eigenvalue weighted by Gasteiger charge is 2.30. The predicted octanol–water partition coefficient (Wildman–Crippen LogP) is 1.05. The second-order valence-corrected chi connectivity index (χ2v) is 7.41. The summed E-state index contributed by atoms with van der Waals surface area (Å²) in [5.41, 5.74) is 3.06. The van der Waals surface area contributed by atoms with Crippen molar-refractivity contribution in [3.8, 4) is 0 Å². The van der Waals surface area contributed by atoms with Crippen molar-refractivity contribution in [1.29, 1.82) is 0 Å². The van der Waals surface area contributed by atoms with E-state index in [1.807, 2.05) is 19.9 Å². The van der Waals surface area contributed by atoms with Gasteiger partial charge in [-0.2, -0.15) is 5.10 Å². The normalized spacial score (nSPS) is 17.0. The molecule has 0 bridgehead atoms. The standard InChI is InChI=1S/C19H25N5O4/c1-11-8-12(2)24-17(20-11)16(13(3)21-24)18(26)22(4)10-15(25)23-7-5-6-14(9-23)19(27)28/h8,14H,5-7,9-10H2,1-4H3,(H,27,28). The summed E-state index contributed by atoms with van der Waals surface area (Å²) in [6.07, 6.45) is 1.22. The molecule has 2 aromatic rings. The number of rotatable bonds is 4. The van der Waals surface area contributed by atoms with Crippen LogP contribution in [0.25, 0.3) is 5.65 Å². The molecule has 0 saturated carbocycles. The molecule has 0 spiro atoms. The van der Waals surface area contributed by atoms with Crippen LogP contribution in [-0.4, -0.2) is 74.0 Å². The van der Waals surface area contributed by atoms with Crippen LogP contribution in [0, 0.1) is 26.7 Å². The number of amides is 2. The van der Waals surface area contributed by atoms with Gasteiger partial charge in [-0.15, -0.1) is 0 Å². The summed E-state index contributed by atoms with van der Waals surface area (Å²) < 4.78 is 1.63. The van der Waals surface area contributed by atoms with E-state index < -0.39 is 11.9 Å². The van der Waals surface area contributed by atoms with E-state index in [9.17, 15) is 19.5 Å². The summed E-state index contributed by atoms with van der Waals surface area (Å²) >= 11 is 0. The van der Waals surface area contributed by atoms with Crippen molar-refractivity contribution < 1.29 is 19.5 Å². The molecule has 150 valence electrons.